The highest BCUT2D eigenvalue weighted by molar-refractivity contribution is 5.54. The molecule has 1 heterocycles. The van der Waals surface area contributed by atoms with Gasteiger partial charge in [0.2, 0.25) is 0 Å². The highest BCUT2D eigenvalue weighted by Gasteiger charge is 2.14. The Kier molecular flexibility index (Phi) is 3.50. The monoisotopic (exact) mass is 282 g/mol. The fourth-order valence-electron chi connectivity index (χ4n) is 2.07. The van der Waals surface area contributed by atoms with Gasteiger partial charge in [0.25, 0.3) is 0 Å². The fraction of sp³-hybridized carbons (Fsp3) is 0.125. The molecule has 0 aliphatic heterocycles. The van der Waals surface area contributed by atoms with E-state index in [-0.39, 0.29) is 11.9 Å². The van der Waals surface area contributed by atoms with Crippen molar-refractivity contribution in [2.24, 2.45) is 5.73 Å². The largest absolute Gasteiger partial charge is 0.318 e. The first-order chi connectivity index (χ1) is 10.1. The zero-order valence-electron chi connectivity index (χ0n) is 11.5. The van der Waals surface area contributed by atoms with Crippen molar-refractivity contribution in [3.8, 4) is 11.4 Å². The van der Waals surface area contributed by atoms with E-state index in [2.05, 4.69) is 15.2 Å². The third kappa shape index (κ3) is 2.83. The summed E-state index contributed by atoms with van der Waals surface area (Å²) in [4.78, 5) is 4.39. The first kappa shape index (κ1) is 13.5. The maximum Gasteiger partial charge on any atom is 0.181 e. The van der Waals surface area contributed by atoms with Crippen molar-refractivity contribution >= 4 is 0 Å². The fourth-order valence-corrected chi connectivity index (χ4v) is 2.07. The van der Waals surface area contributed by atoms with Crippen molar-refractivity contribution in [2.45, 2.75) is 13.0 Å². The molecular formula is C16H15FN4. The van der Waals surface area contributed by atoms with E-state index in [1.165, 1.54) is 17.7 Å². The van der Waals surface area contributed by atoms with E-state index in [4.69, 9.17) is 5.73 Å². The van der Waals surface area contributed by atoms with Gasteiger partial charge in [-0.25, -0.2) is 9.37 Å². The van der Waals surface area contributed by atoms with Crippen LogP contribution in [0.25, 0.3) is 11.4 Å². The average Bonchev–Trinajstić information content (AvgIpc) is 2.98. The first-order valence-corrected chi connectivity index (χ1v) is 6.64. The number of rotatable bonds is 3. The number of aromatic amines is 1. The zero-order chi connectivity index (χ0) is 14.8. The van der Waals surface area contributed by atoms with Crippen LogP contribution in [0.15, 0.2) is 48.5 Å². The molecule has 0 saturated carbocycles. The van der Waals surface area contributed by atoms with E-state index in [0.717, 1.165) is 11.1 Å². The highest BCUT2D eigenvalue weighted by atomic mass is 19.1. The highest BCUT2D eigenvalue weighted by Crippen LogP contribution is 2.20. The molecular weight excluding hydrogens is 267 g/mol. The maximum absolute atomic E-state index is 12.9. The maximum atomic E-state index is 12.9. The number of nitrogens with zero attached hydrogens (tertiary/aromatic N) is 2. The van der Waals surface area contributed by atoms with E-state index in [0.29, 0.717) is 11.6 Å². The minimum absolute atomic E-state index is 0.286. The van der Waals surface area contributed by atoms with Crippen LogP contribution >= 0.6 is 0 Å². The van der Waals surface area contributed by atoms with Gasteiger partial charge in [0, 0.05) is 5.56 Å². The molecule has 0 aliphatic carbocycles. The summed E-state index contributed by atoms with van der Waals surface area (Å²) in [6, 6.07) is 13.6. The predicted octanol–water partition coefficient (Wildman–Crippen LogP) is 2.97. The lowest BCUT2D eigenvalue weighted by molar-refractivity contribution is 0.628. The molecule has 1 atom stereocenters. The third-order valence-corrected chi connectivity index (χ3v) is 3.34. The molecule has 0 unspecified atom stereocenters. The number of nitrogens with one attached hydrogen (secondary N) is 1. The molecule has 0 radical (unpaired) electrons. The topological polar surface area (TPSA) is 67.6 Å². The molecule has 0 aliphatic rings. The number of halogens is 1. The summed E-state index contributed by atoms with van der Waals surface area (Å²) in [7, 11) is 0. The van der Waals surface area contributed by atoms with Gasteiger partial charge < -0.3 is 5.73 Å². The molecule has 0 fully saturated rings. The minimum atomic E-state index is -0.368. The molecule has 3 N–H and O–H groups in total. The van der Waals surface area contributed by atoms with Crippen molar-refractivity contribution in [3.63, 3.8) is 0 Å². The SMILES string of the molecule is Cc1ccc([C@H](N)c2nc(-c3ccc(F)cc3)n[nH]2)cc1. The van der Waals surface area contributed by atoms with Gasteiger partial charge in [-0.15, -0.1) is 0 Å². The Morgan fingerprint density at radius 1 is 1.05 bits per heavy atom. The normalized spacial score (nSPS) is 12.3. The Morgan fingerprint density at radius 2 is 1.71 bits per heavy atom. The van der Waals surface area contributed by atoms with Crippen LogP contribution in [0.2, 0.25) is 0 Å². The van der Waals surface area contributed by atoms with E-state index in [1.807, 2.05) is 31.2 Å². The van der Waals surface area contributed by atoms with Crippen molar-refractivity contribution in [1.82, 2.24) is 15.2 Å². The zero-order valence-corrected chi connectivity index (χ0v) is 11.5. The Labute approximate surface area is 121 Å². The van der Waals surface area contributed by atoms with Crippen molar-refractivity contribution in [3.05, 3.63) is 71.3 Å². The number of benzene rings is 2. The molecule has 0 bridgehead atoms. The Hall–Kier alpha value is -2.53. The van der Waals surface area contributed by atoms with E-state index < -0.39 is 0 Å². The molecule has 2 aromatic carbocycles. The van der Waals surface area contributed by atoms with Gasteiger partial charge in [0.1, 0.15) is 11.6 Å². The smallest absolute Gasteiger partial charge is 0.181 e. The number of aryl methyl sites for hydroxylation is 1. The number of aromatic nitrogens is 3. The van der Waals surface area contributed by atoms with Gasteiger partial charge in [-0.3, -0.25) is 5.10 Å². The molecule has 0 spiro atoms. The number of hydrogen-bond acceptors (Lipinski definition) is 3. The van der Waals surface area contributed by atoms with E-state index in [9.17, 15) is 4.39 Å². The van der Waals surface area contributed by atoms with Gasteiger partial charge in [0.15, 0.2) is 5.82 Å². The average molecular weight is 282 g/mol. The molecule has 4 nitrogen and oxygen atoms in total. The molecule has 3 aromatic rings. The van der Waals surface area contributed by atoms with E-state index >= 15 is 0 Å². The van der Waals surface area contributed by atoms with Crippen LogP contribution in [0.5, 0.6) is 0 Å². The van der Waals surface area contributed by atoms with E-state index in [1.54, 1.807) is 12.1 Å². The summed E-state index contributed by atoms with van der Waals surface area (Å²) in [5, 5.41) is 6.99. The van der Waals surface area contributed by atoms with Crippen LogP contribution in [0.1, 0.15) is 23.0 Å². The lowest BCUT2D eigenvalue weighted by atomic mass is 10.1. The van der Waals surface area contributed by atoms with Gasteiger partial charge in [-0.1, -0.05) is 29.8 Å². The summed E-state index contributed by atoms with van der Waals surface area (Å²) in [5.41, 5.74) is 9.07. The molecule has 5 heteroatoms. The van der Waals surface area contributed by atoms with Gasteiger partial charge in [-0.2, -0.15) is 5.10 Å². The molecule has 106 valence electrons. The second-order valence-electron chi connectivity index (χ2n) is 4.94. The molecule has 0 amide bonds. The van der Waals surface area contributed by atoms with Gasteiger partial charge in [-0.05, 0) is 36.8 Å². The number of H-pyrrole nitrogens is 1. The van der Waals surface area contributed by atoms with Crippen LogP contribution in [0, 0.1) is 12.7 Å². The summed E-state index contributed by atoms with van der Waals surface area (Å²) in [6.07, 6.45) is 0. The quantitative estimate of drug-likeness (QED) is 0.776. The van der Waals surface area contributed by atoms with Crippen molar-refractivity contribution in [2.75, 3.05) is 0 Å². The molecule has 21 heavy (non-hydrogen) atoms. The van der Waals surface area contributed by atoms with Crippen LogP contribution < -0.4 is 5.73 Å². The predicted molar refractivity (Wildman–Crippen MR) is 79.0 cm³/mol. The van der Waals surface area contributed by atoms with Gasteiger partial charge >= 0.3 is 0 Å². The van der Waals surface area contributed by atoms with Gasteiger partial charge in [0.05, 0.1) is 6.04 Å². The van der Waals surface area contributed by atoms with Crippen molar-refractivity contribution in [1.29, 1.82) is 0 Å². The lowest BCUT2D eigenvalue weighted by Crippen LogP contribution is -2.13. The summed E-state index contributed by atoms with van der Waals surface area (Å²) >= 11 is 0. The van der Waals surface area contributed by atoms with Crippen LogP contribution in [0.3, 0.4) is 0 Å². The second-order valence-corrected chi connectivity index (χ2v) is 4.94. The molecule has 1 aromatic heterocycles. The summed E-state index contributed by atoms with van der Waals surface area (Å²) < 4.78 is 12.9. The second kappa shape index (κ2) is 5.46. The molecule has 3 rings (SSSR count). The first-order valence-electron chi connectivity index (χ1n) is 6.64. The van der Waals surface area contributed by atoms with Crippen molar-refractivity contribution < 1.29 is 4.39 Å². The Morgan fingerprint density at radius 3 is 2.38 bits per heavy atom. The standard InChI is InChI=1S/C16H15FN4/c1-10-2-4-11(5-3-10)14(18)16-19-15(20-21-16)12-6-8-13(17)9-7-12/h2-9,14H,18H2,1H3,(H,19,20,21)/t14-/m0/s1. The minimum Gasteiger partial charge on any atom is -0.318 e. The summed E-state index contributed by atoms with van der Waals surface area (Å²) in [5.74, 6) is 0.802. The number of nitrogens with two attached hydrogens (primary N) is 1. The van der Waals surface area contributed by atoms with Crippen LogP contribution in [0.4, 0.5) is 4.39 Å². The number of hydrogen-bond donors (Lipinski definition) is 2. The van der Waals surface area contributed by atoms with Crippen LogP contribution in [-0.4, -0.2) is 15.2 Å². The Bertz CT molecular complexity index is 732. The third-order valence-electron chi connectivity index (χ3n) is 3.34. The van der Waals surface area contributed by atoms with Crippen LogP contribution in [-0.2, 0) is 0 Å². The Balaban J connectivity index is 1.87. The molecule has 0 saturated heterocycles. The summed E-state index contributed by atoms with van der Waals surface area (Å²) in [6.45, 7) is 2.02. The lowest BCUT2D eigenvalue weighted by Gasteiger charge is -2.08.